The van der Waals surface area contributed by atoms with E-state index in [1.54, 1.807) is 11.8 Å². The van der Waals surface area contributed by atoms with Crippen molar-refractivity contribution in [1.29, 1.82) is 0 Å². The molecule has 30 heavy (non-hydrogen) atoms. The van der Waals surface area contributed by atoms with Crippen LogP contribution in [-0.4, -0.2) is 77.5 Å². The van der Waals surface area contributed by atoms with Crippen LogP contribution in [0.3, 0.4) is 0 Å². The number of nitrogens with zero attached hydrogens (tertiary/aromatic N) is 2. The van der Waals surface area contributed by atoms with Gasteiger partial charge in [-0.15, -0.1) is 0 Å². The number of carbonyl (C=O) groups excluding carboxylic acids is 3. The van der Waals surface area contributed by atoms with Gasteiger partial charge in [0.1, 0.15) is 11.6 Å². The van der Waals surface area contributed by atoms with Crippen molar-refractivity contribution in [3.05, 3.63) is 12.2 Å². The molecular formula is C22H34N4O4. The standard InChI is InChI=1S/C22H34N4O4/c1-2-30-21(29)22-13-15(22)7-4-3-5-11-25(16-9-10-16)14-17(23)20(28)26-12-6-8-18(26)19(27)24-22/h4,7,15-18H,2-3,5-6,8-14,23H2,1H3,(H,24,27)/b7-4-/t15?,17-,18-,22+/m0/s1. The van der Waals surface area contributed by atoms with Crippen LogP contribution in [0.25, 0.3) is 0 Å². The van der Waals surface area contributed by atoms with Gasteiger partial charge in [0.2, 0.25) is 11.8 Å². The van der Waals surface area contributed by atoms with Crippen molar-refractivity contribution in [2.75, 3.05) is 26.2 Å². The predicted octanol–water partition coefficient (Wildman–Crippen LogP) is 0.557. The number of rotatable bonds is 3. The molecule has 2 aliphatic carbocycles. The van der Waals surface area contributed by atoms with Crippen molar-refractivity contribution in [3.63, 3.8) is 0 Å². The average molecular weight is 419 g/mol. The first-order valence-corrected chi connectivity index (χ1v) is 11.4. The minimum atomic E-state index is -0.997. The summed E-state index contributed by atoms with van der Waals surface area (Å²) >= 11 is 0. The van der Waals surface area contributed by atoms with Crippen LogP contribution in [-0.2, 0) is 19.1 Å². The van der Waals surface area contributed by atoms with Crippen LogP contribution in [0.2, 0.25) is 0 Å². The first-order valence-electron chi connectivity index (χ1n) is 11.4. The van der Waals surface area contributed by atoms with Crippen molar-refractivity contribution in [1.82, 2.24) is 15.1 Å². The third kappa shape index (κ3) is 4.25. The first kappa shape index (κ1) is 21.3. The number of esters is 1. The van der Waals surface area contributed by atoms with Gasteiger partial charge in [0.15, 0.2) is 0 Å². The number of hydrogen-bond donors (Lipinski definition) is 2. The Morgan fingerprint density at radius 1 is 1.27 bits per heavy atom. The molecule has 0 aromatic rings. The van der Waals surface area contributed by atoms with E-state index in [1.165, 1.54) is 0 Å². The number of nitrogens with one attached hydrogen (secondary N) is 1. The van der Waals surface area contributed by atoms with Gasteiger partial charge in [-0.2, -0.15) is 0 Å². The Morgan fingerprint density at radius 2 is 2.07 bits per heavy atom. The average Bonchev–Trinajstić information content (AvgIpc) is 3.63. The van der Waals surface area contributed by atoms with E-state index in [-0.39, 0.29) is 30.3 Å². The van der Waals surface area contributed by atoms with E-state index in [0.717, 1.165) is 38.6 Å². The van der Waals surface area contributed by atoms with Gasteiger partial charge in [0.25, 0.3) is 0 Å². The molecule has 0 aromatic carbocycles. The van der Waals surface area contributed by atoms with Gasteiger partial charge >= 0.3 is 5.97 Å². The fraction of sp³-hybridized carbons (Fsp3) is 0.773. The topological polar surface area (TPSA) is 105 Å². The van der Waals surface area contributed by atoms with E-state index in [9.17, 15) is 14.4 Å². The molecule has 166 valence electrons. The van der Waals surface area contributed by atoms with Gasteiger partial charge in [0.05, 0.1) is 12.6 Å². The number of amides is 2. The number of ether oxygens (including phenoxy) is 1. The lowest BCUT2D eigenvalue weighted by Crippen LogP contribution is -2.57. The molecule has 3 fully saturated rings. The van der Waals surface area contributed by atoms with Crippen molar-refractivity contribution in [2.45, 2.75) is 75.5 Å². The maximum absolute atomic E-state index is 13.1. The number of fused-ring (bicyclic) bond motifs is 2. The lowest BCUT2D eigenvalue weighted by Gasteiger charge is -2.30. The van der Waals surface area contributed by atoms with E-state index in [4.69, 9.17) is 10.5 Å². The molecule has 1 unspecified atom stereocenters. The van der Waals surface area contributed by atoms with Crippen LogP contribution in [0, 0.1) is 5.92 Å². The summed E-state index contributed by atoms with van der Waals surface area (Å²) in [5.74, 6) is -0.877. The molecule has 4 rings (SSSR count). The SMILES string of the molecule is CCOC(=O)[C@@]12CC1/C=C\CCCN(C1CC1)C[C@H](N)C(=O)N1CCC[C@H]1C(=O)N2. The Balaban J connectivity index is 1.56. The summed E-state index contributed by atoms with van der Waals surface area (Å²) in [4.78, 5) is 42.8. The number of carbonyl (C=O) groups is 3. The van der Waals surface area contributed by atoms with E-state index < -0.39 is 17.6 Å². The highest BCUT2D eigenvalue weighted by Crippen LogP contribution is 2.46. The smallest absolute Gasteiger partial charge is 0.332 e. The van der Waals surface area contributed by atoms with E-state index in [0.29, 0.717) is 32.0 Å². The Kier molecular flexibility index (Phi) is 6.16. The van der Waals surface area contributed by atoms with Crippen molar-refractivity contribution in [2.24, 2.45) is 11.7 Å². The molecule has 2 saturated carbocycles. The van der Waals surface area contributed by atoms with Crippen molar-refractivity contribution in [3.8, 4) is 0 Å². The Bertz CT molecular complexity index is 722. The molecule has 4 atom stereocenters. The highest BCUT2D eigenvalue weighted by Gasteiger charge is 2.62. The zero-order valence-corrected chi connectivity index (χ0v) is 17.8. The van der Waals surface area contributed by atoms with Gasteiger partial charge in [-0.05, 0) is 58.4 Å². The van der Waals surface area contributed by atoms with Crippen LogP contribution in [0.1, 0.15) is 51.9 Å². The number of nitrogens with two attached hydrogens (primary N) is 1. The monoisotopic (exact) mass is 418 g/mol. The van der Waals surface area contributed by atoms with Crippen LogP contribution in [0.5, 0.6) is 0 Å². The highest BCUT2D eigenvalue weighted by molar-refractivity contribution is 5.96. The van der Waals surface area contributed by atoms with E-state index in [2.05, 4.69) is 16.3 Å². The largest absolute Gasteiger partial charge is 0.464 e. The minimum absolute atomic E-state index is 0.0574. The molecular weight excluding hydrogens is 384 g/mol. The van der Waals surface area contributed by atoms with Gasteiger partial charge in [-0.3, -0.25) is 14.5 Å². The van der Waals surface area contributed by atoms with Crippen molar-refractivity contribution >= 4 is 17.8 Å². The van der Waals surface area contributed by atoms with Crippen LogP contribution in [0.15, 0.2) is 12.2 Å². The molecule has 2 heterocycles. The molecule has 8 heteroatoms. The van der Waals surface area contributed by atoms with Gasteiger partial charge in [-0.25, -0.2) is 4.79 Å². The zero-order valence-electron chi connectivity index (χ0n) is 17.8. The zero-order chi connectivity index (χ0) is 21.3. The third-order valence-corrected chi connectivity index (χ3v) is 6.84. The third-order valence-electron chi connectivity index (χ3n) is 6.84. The summed E-state index contributed by atoms with van der Waals surface area (Å²) in [5.41, 5.74) is 5.32. The molecule has 0 spiro atoms. The normalized spacial score (nSPS) is 36.7. The van der Waals surface area contributed by atoms with Gasteiger partial charge in [0, 0.05) is 25.0 Å². The summed E-state index contributed by atoms with van der Waals surface area (Å²) in [5, 5.41) is 2.96. The fourth-order valence-corrected chi connectivity index (χ4v) is 4.89. The maximum atomic E-state index is 13.1. The number of hydrogen-bond acceptors (Lipinski definition) is 6. The molecule has 1 saturated heterocycles. The van der Waals surface area contributed by atoms with E-state index in [1.807, 2.05) is 6.08 Å². The summed E-state index contributed by atoms with van der Waals surface area (Å²) < 4.78 is 5.27. The summed E-state index contributed by atoms with van der Waals surface area (Å²) in [6.45, 7) is 4.01. The molecule has 0 bridgehead atoms. The Labute approximate surface area is 178 Å². The Hall–Kier alpha value is -1.93. The second-order valence-corrected chi connectivity index (χ2v) is 9.08. The maximum Gasteiger partial charge on any atom is 0.332 e. The quantitative estimate of drug-likeness (QED) is 0.513. The molecule has 4 aliphatic rings. The first-order chi connectivity index (χ1) is 14.5. The second-order valence-electron chi connectivity index (χ2n) is 9.08. The van der Waals surface area contributed by atoms with E-state index >= 15 is 0 Å². The summed E-state index contributed by atoms with van der Waals surface area (Å²) in [6.07, 6.45) is 10.2. The number of allylic oxidation sites excluding steroid dienone is 1. The molecule has 0 radical (unpaired) electrons. The van der Waals surface area contributed by atoms with Crippen LogP contribution >= 0.6 is 0 Å². The lowest BCUT2D eigenvalue weighted by atomic mass is 10.1. The predicted molar refractivity (Wildman–Crippen MR) is 111 cm³/mol. The van der Waals surface area contributed by atoms with Gasteiger partial charge < -0.3 is 20.7 Å². The molecule has 0 aromatic heterocycles. The lowest BCUT2D eigenvalue weighted by molar-refractivity contribution is -0.150. The van der Waals surface area contributed by atoms with Crippen LogP contribution in [0.4, 0.5) is 0 Å². The fourth-order valence-electron chi connectivity index (χ4n) is 4.89. The molecule has 3 N–H and O–H groups in total. The second kappa shape index (κ2) is 8.67. The molecule has 2 amide bonds. The summed E-state index contributed by atoms with van der Waals surface area (Å²) in [6, 6.07) is -0.673. The minimum Gasteiger partial charge on any atom is -0.464 e. The highest BCUT2D eigenvalue weighted by atomic mass is 16.5. The summed E-state index contributed by atoms with van der Waals surface area (Å²) in [7, 11) is 0. The molecule has 2 aliphatic heterocycles. The van der Waals surface area contributed by atoms with Crippen LogP contribution < -0.4 is 11.1 Å². The van der Waals surface area contributed by atoms with Crippen molar-refractivity contribution < 1.29 is 19.1 Å². The van der Waals surface area contributed by atoms with Gasteiger partial charge in [-0.1, -0.05) is 12.2 Å². The Morgan fingerprint density at radius 3 is 2.80 bits per heavy atom. The molecule has 8 nitrogen and oxygen atoms in total.